The maximum absolute atomic E-state index is 11.0. The Morgan fingerprint density at radius 1 is 1.38 bits per heavy atom. The highest BCUT2D eigenvalue weighted by molar-refractivity contribution is 5.76. The van der Waals surface area contributed by atoms with E-state index >= 15 is 0 Å². The van der Waals surface area contributed by atoms with E-state index in [-0.39, 0.29) is 0 Å². The lowest BCUT2D eigenvalue weighted by Crippen LogP contribution is -2.47. The summed E-state index contributed by atoms with van der Waals surface area (Å²) in [7, 11) is 0. The molecule has 13 heavy (non-hydrogen) atoms. The highest BCUT2D eigenvalue weighted by atomic mass is 16.4. The molecular weight excluding hydrogens is 166 g/mol. The molecule has 0 aromatic carbocycles. The third kappa shape index (κ3) is 1.48. The van der Waals surface area contributed by atoms with Crippen molar-refractivity contribution in [2.45, 2.75) is 19.3 Å². The lowest BCUT2D eigenvalue weighted by Gasteiger charge is -2.40. The van der Waals surface area contributed by atoms with Crippen LogP contribution in [0.25, 0.3) is 0 Å². The van der Waals surface area contributed by atoms with Crippen molar-refractivity contribution in [2.75, 3.05) is 19.6 Å². The summed E-state index contributed by atoms with van der Waals surface area (Å²) in [5.41, 5.74) is -0.411. The second-order valence-electron chi connectivity index (χ2n) is 4.10. The third-order valence-electron chi connectivity index (χ3n) is 3.18. The molecule has 1 aliphatic heterocycles. The number of aliphatic carboxylic acids is 1. The molecule has 0 atom stereocenters. The number of carboxylic acid groups (broad SMARTS) is 1. The van der Waals surface area contributed by atoms with E-state index in [1.54, 1.807) is 0 Å². The van der Waals surface area contributed by atoms with Crippen LogP contribution in [-0.2, 0) is 4.79 Å². The van der Waals surface area contributed by atoms with E-state index in [0.29, 0.717) is 0 Å². The average molecular weight is 181 g/mol. The van der Waals surface area contributed by atoms with Gasteiger partial charge in [0.25, 0.3) is 0 Å². The van der Waals surface area contributed by atoms with Gasteiger partial charge in [-0.05, 0) is 12.8 Å². The Labute approximate surface area is 78.0 Å². The van der Waals surface area contributed by atoms with Crippen LogP contribution in [0.3, 0.4) is 0 Å². The van der Waals surface area contributed by atoms with Gasteiger partial charge in [0, 0.05) is 19.6 Å². The Hall–Kier alpha value is -0.830. The summed E-state index contributed by atoms with van der Waals surface area (Å²) in [5, 5.41) is 9.10. The number of carboxylic acids is 1. The summed E-state index contributed by atoms with van der Waals surface area (Å²) in [5.74, 6) is -0.606. The molecule has 0 bridgehead atoms. The van der Waals surface area contributed by atoms with E-state index in [1.165, 1.54) is 0 Å². The van der Waals surface area contributed by atoms with Crippen LogP contribution in [0, 0.1) is 5.41 Å². The zero-order valence-electron chi connectivity index (χ0n) is 7.70. The number of nitrogens with zero attached hydrogens (tertiary/aromatic N) is 1. The van der Waals surface area contributed by atoms with Crippen molar-refractivity contribution in [1.82, 2.24) is 4.90 Å². The SMILES string of the molecule is O=C(O)C1(CN2CC=CC2)CCC1. The molecule has 0 unspecified atom stereocenters. The molecule has 0 saturated heterocycles. The van der Waals surface area contributed by atoms with Crippen LogP contribution in [-0.4, -0.2) is 35.6 Å². The quantitative estimate of drug-likeness (QED) is 0.663. The summed E-state index contributed by atoms with van der Waals surface area (Å²) in [6.45, 7) is 2.58. The van der Waals surface area contributed by atoms with Crippen LogP contribution in [0.5, 0.6) is 0 Å². The molecule has 0 radical (unpaired) electrons. The number of hydrogen-bond donors (Lipinski definition) is 1. The van der Waals surface area contributed by atoms with Gasteiger partial charge in [0.1, 0.15) is 0 Å². The van der Waals surface area contributed by atoms with Crippen molar-refractivity contribution in [3.8, 4) is 0 Å². The molecule has 1 heterocycles. The van der Waals surface area contributed by atoms with Gasteiger partial charge in [0.15, 0.2) is 0 Å². The molecule has 1 saturated carbocycles. The number of rotatable bonds is 3. The van der Waals surface area contributed by atoms with Gasteiger partial charge < -0.3 is 5.11 Å². The lowest BCUT2D eigenvalue weighted by molar-refractivity contribution is -0.155. The van der Waals surface area contributed by atoms with Gasteiger partial charge in [-0.2, -0.15) is 0 Å². The Balaban J connectivity index is 1.94. The van der Waals surface area contributed by atoms with Crippen LogP contribution in [0.2, 0.25) is 0 Å². The first kappa shape index (κ1) is 8.75. The molecule has 0 amide bonds. The standard InChI is InChI=1S/C10H15NO2/c12-9(13)10(4-3-5-10)8-11-6-1-2-7-11/h1-2H,3-8H2,(H,12,13). The molecule has 3 heteroatoms. The fourth-order valence-corrected chi connectivity index (χ4v) is 2.12. The zero-order valence-corrected chi connectivity index (χ0v) is 7.70. The van der Waals surface area contributed by atoms with Crippen LogP contribution < -0.4 is 0 Å². The topological polar surface area (TPSA) is 40.5 Å². The normalized spacial score (nSPS) is 25.8. The van der Waals surface area contributed by atoms with Crippen molar-refractivity contribution in [3.63, 3.8) is 0 Å². The Morgan fingerprint density at radius 3 is 2.38 bits per heavy atom. The fourth-order valence-electron chi connectivity index (χ4n) is 2.12. The number of carbonyl (C=O) groups is 1. The van der Waals surface area contributed by atoms with E-state index in [4.69, 9.17) is 5.11 Å². The summed E-state index contributed by atoms with van der Waals surface area (Å²) in [6.07, 6.45) is 7.01. The molecule has 1 aliphatic carbocycles. The van der Waals surface area contributed by atoms with E-state index < -0.39 is 11.4 Å². The van der Waals surface area contributed by atoms with E-state index in [9.17, 15) is 4.79 Å². The zero-order chi connectivity index (χ0) is 9.31. The largest absolute Gasteiger partial charge is 0.481 e. The molecular formula is C10H15NO2. The monoisotopic (exact) mass is 181 g/mol. The molecule has 1 N–H and O–H groups in total. The molecule has 72 valence electrons. The van der Waals surface area contributed by atoms with Crippen LogP contribution in [0.1, 0.15) is 19.3 Å². The predicted molar refractivity (Wildman–Crippen MR) is 49.5 cm³/mol. The maximum Gasteiger partial charge on any atom is 0.310 e. The second-order valence-corrected chi connectivity index (χ2v) is 4.10. The van der Waals surface area contributed by atoms with Gasteiger partial charge in [-0.1, -0.05) is 18.6 Å². The average Bonchev–Trinajstić information content (AvgIpc) is 2.47. The van der Waals surface area contributed by atoms with Gasteiger partial charge in [0.2, 0.25) is 0 Å². The molecule has 2 rings (SSSR count). The molecule has 1 fully saturated rings. The Bertz CT molecular complexity index is 235. The fraction of sp³-hybridized carbons (Fsp3) is 0.700. The van der Waals surface area contributed by atoms with Crippen molar-refractivity contribution in [3.05, 3.63) is 12.2 Å². The number of hydrogen-bond acceptors (Lipinski definition) is 2. The highest BCUT2D eigenvalue weighted by Gasteiger charge is 2.45. The second kappa shape index (κ2) is 3.14. The van der Waals surface area contributed by atoms with Crippen LogP contribution in [0.15, 0.2) is 12.2 Å². The van der Waals surface area contributed by atoms with Crippen molar-refractivity contribution < 1.29 is 9.90 Å². The van der Waals surface area contributed by atoms with Gasteiger partial charge >= 0.3 is 5.97 Å². The van der Waals surface area contributed by atoms with Gasteiger partial charge in [-0.15, -0.1) is 0 Å². The van der Waals surface area contributed by atoms with Crippen LogP contribution >= 0.6 is 0 Å². The lowest BCUT2D eigenvalue weighted by atomic mass is 9.68. The molecule has 0 spiro atoms. The van der Waals surface area contributed by atoms with Gasteiger partial charge in [0.05, 0.1) is 5.41 Å². The van der Waals surface area contributed by atoms with Crippen molar-refractivity contribution in [2.24, 2.45) is 5.41 Å². The smallest absolute Gasteiger partial charge is 0.310 e. The van der Waals surface area contributed by atoms with E-state index in [2.05, 4.69) is 17.1 Å². The Kier molecular flexibility index (Phi) is 2.12. The first-order valence-corrected chi connectivity index (χ1v) is 4.84. The van der Waals surface area contributed by atoms with E-state index in [1.807, 2.05) is 0 Å². The third-order valence-corrected chi connectivity index (χ3v) is 3.18. The summed E-state index contributed by atoms with van der Waals surface area (Å²) >= 11 is 0. The molecule has 0 aromatic rings. The van der Waals surface area contributed by atoms with E-state index in [0.717, 1.165) is 38.9 Å². The summed E-state index contributed by atoms with van der Waals surface area (Å²) < 4.78 is 0. The summed E-state index contributed by atoms with van der Waals surface area (Å²) in [6, 6.07) is 0. The minimum atomic E-state index is -0.606. The van der Waals surface area contributed by atoms with Gasteiger partial charge in [-0.25, -0.2) is 0 Å². The first-order chi connectivity index (χ1) is 6.23. The molecule has 0 aromatic heterocycles. The minimum absolute atomic E-state index is 0.411. The summed E-state index contributed by atoms with van der Waals surface area (Å²) in [4.78, 5) is 13.2. The highest BCUT2D eigenvalue weighted by Crippen LogP contribution is 2.41. The van der Waals surface area contributed by atoms with Crippen molar-refractivity contribution in [1.29, 1.82) is 0 Å². The molecule has 3 nitrogen and oxygen atoms in total. The predicted octanol–water partition coefficient (Wildman–Crippen LogP) is 1.11. The van der Waals surface area contributed by atoms with Crippen molar-refractivity contribution >= 4 is 5.97 Å². The van der Waals surface area contributed by atoms with Crippen LogP contribution in [0.4, 0.5) is 0 Å². The Morgan fingerprint density at radius 2 is 2.00 bits per heavy atom. The first-order valence-electron chi connectivity index (χ1n) is 4.84. The minimum Gasteiger partial charge on any atom is -0.481 e. The molecule has 2 aliphatic rings. The van der Waals surface area contributed by atoms with Gasteiger partial charge in [-0.3, -0.25) is 9.69 Å². The maximum atomic E-state index is 11.0.